The van der Waals surface area contributed by atoms with Crippen LogP contribution in [0.5, 0.6) is 0 Å². The van der Waals surface area contributed by atoms with Gasteiger partial charge in [0.2, 0.25) is 5.95 Å². The highest BCUT2D eigenvalue weighted by Crippen LogP contribution is 2.16. The number of carbonyl (C=O) groups is 2. The normalized spacial score (nSPS) is 12.9. The summed E-state index contributed by atoms with van der Waals surface area (Å²) in [5, 5.41) is 0. The molecule has 1 aromatic rings. The number of H-pyrrole nitrogens is 1. The average molecular weight is 266 g/mol. The molecule has 4 N–H and O–H groups in total. The fourth-order valence-corrected chi connectivity index (χ4v) is 0.969. The van der Waals surface area contributed by atoms with Crippen LogP contribution in [0.4, 0.5) is 19.1 Å². The van der Waals surface area contributed by atoms with Crippen LogP contribution in [0.25, 0.3) is 0 Å². The number of aromatic amines is 1. The van der Waals surface area contributed by atoms with Crippen LogP contribution in [0.3, 0.4) is 0 Å². The lowest BCUT2D eigenvalue weighted by atomic mass is 10.2. The molecule has 10 heteroatoms. The maximum Gasteiger partial charge on any atom is 0.493 e. The highest BCUT2D eigenvalue weighted by Gasteiger charge is 2.41. The molecule has 0 aliphatic rings. The lowest BCUT2D eigenvalue weighted by Crippen LogP contribution is -2.27. The van der Waals surface area contributed by atoms with Crippen molar-refractivity contribution in [2.75, 3.05) is 5.48 Å². The monoisotopic (exact) mass is 266 g/mol. The number of rotatable bonds is 5. The Hall–Kier alpha value is -2.10. The summed E-state index contributed by atoms with van der Waals surface area (Å²) in [5.74, 6) is -2.61. The number of nitrogens with zero attached hydrogens (tertiary/aromatic N) is 1. The third-order valence-electron chi connectivity index (χ3n) is 1.73. The van der Waals surface area contributed by atoms with Crippen LogP contribution in [0.1, 0.15) is 5.69 Å². The fraction of sp³-hybridized carbons (Fsp3) is 0.375. The third kappa shape index (κ3) is 4.05. The minimum Gasteiger partial charge on any atom is -0.332 e. The molecule has 0 amide bonds. The lowest BCUT2D eigenvalue weighted by molar-refractivity contribution is -0.196. The van der Waals surface area contributed by atoms with Gasteiger partial charge in [0.05, 0.1) is 12.2 Å². The van der Waals surface area contributed by atoms with Gasteiger partial charge < -0.3 is 20.3 Å². The van der Waals surface area contributed by atoms with Gasteiger partial charge in [0.15, 0.2) is 0 Å². The predicted octanol–water partition coefficient (Wildman–Crippen LogP) is -0.0892. The Balaban J connectivity index is 2.50. The van der Waals surface area contributed by atoms with Crippen LogP contribution in [0.15, 0.2) is 6.20 Å². The zero-order valence-corrected chi connectivity index (χ0v) is 8.82. The van der Waals surface area contributed by atoms with E-state index in [1.54, 1.807) is 5.48 Å². The number of alkyl halides is 3. The summed E-state index contributed by atoms with van der Waals surface area (Å²) in [6.45, 7) is 0. The van der Waals surface area contributed by atoms with E-state index >= 15 is 0 Å². The second-order valence-corrected chi connectivity index (χ2v) is 3.25. The van der Waals surface area contributed by atoms with E-state index in [-0.39, 0.29) is 12.4 Å². The van der Waals surface area contributed by atoms with Gasteiger partial charge in [-0.1, -0.05) is 0 Å². The minimum absolute atomic E-state index is 0.130. The lowest BCUT2D eigenvalue weighted by Gasteiger charge is -2.06. The predicted molar refractivity (Wildman–Crippen MR) is 52.1 cm³/mol. The molecular weight excluding hydrogens is 257 g/mol. The SMILES string of the molecule is N[C@H](C=O)Cc1cnc(NOC(=O)C(F)(F)F)[nH]1. The number of hydrogen-bond acceptors (Lipinski definition) is 6. The Morgan fingerprint density at radius 3 is 2.89 bits per heavy atom. The quantitative estimate of drug-likeness (QED) is 0.507. The first-order valence-corrected chi connectivity index (χ1v) is 4.61. The van der Waals surface area contributed by atoms with Gasteiger partial charge in [0.1, 0.15) is 6.29 Å². The van der Waals surface area contributed by atoms with E-state index in [2.05, 4.69) is 14.8 Å². The van der Waals surface area contributed by atoms with Crippen molar-refractivity contribution >= 4 is 18.2 Å². The second kappa shape index (κ2) is 5.49. The van der Waals surface area contributed by atoms with Gasteiger partial charge in [-0.05, 0) is 0 Å². The van der Waals surface area contributed by atoms with Crippen molar-refractivity contribution in [2.45, 2.75) is 18.6 Å². The number of anilines is 1. The highest BCUT2D eigenvalue weighted by molar-refractivity contribution is 5.76. The Kier molecular flexibility index (Phi) is 4.26. The summed E-state index contributed by atoms with van der Waals surface area (Å²) in [7, 11) is 0. The fourth-order valence-electron chi connectivity index (χ4n) is 0.969. The Morgan fingerprint density at radius 2 is 2.33 bits per heavy atom. The van der Waals surface area contributed by atoms with Gasteiger partial charge >= 0.3 is 12.1 Å². The van der Waals surface area contributed by atoms with Crippen molar-refractivity contribution in [3.8, 4) is 0 Å². The van der Waals surface area contributed by atoms with E-state index < -0.39 is 18.2 Å². The van der Waals surface area contributed by atoms with Gasteiger partial charge in [0.25, 0.3) is 0 Å². The summed E-state index contributed by atoms with van der Waals surface area (Å²) < 4.78 is 35.3. The molecule has 0 aromatic carbocycles. The van der Waals surface area contributed by atoms with Gasteiger partial charge in [-0.2, -0.15) is 18.7 Å². The molecule has 1 rings (SSSR count). The Bertz CT molecular complexity index is 431. The molecule has 7 nitrogen and oxygen atoms in total. The molecule has 0 saturated carbocycles. The summed E-state index contributed by atoms with van der Waals surface area (Å²) >= 11 is 0. The molecule has 0 fully saturated rings. The topological polar surface area (TPSA) is 110 Å². The van der Waals surface area contributed by atoms with Crippen LogP contribution in [-0.4, -0.2) is 34.4 Å². The molecular formula is C8H9F3N4O3. The van der Waals surface area contributed by atoms with Crippen LogP contribution >= 0.6 is 0 Å². The highest BCUT2D eigenvalue weighted by atomic mass is 19.4. The van der Waals surface area contributed by atoms with E-state index in [1.807, 2.05) is 0 Å². The van der Waals surface area contributed by atoms with Crippen molar-refractivity contribution in [2.24, 2.45) is 5.73 Å². The van der Waals surface area contributed by atoms with Gasteiger partial charge in [-0.3, -0.25) is 0 Å². The molecule has 0 saturated heterocycles. The maximum absolute atomic E-state index is 11.8. The van der Waals surface area contributed by atoms with Crippen molar-refractivity contribution in [3.63, 3.8) is 0 Å². The van der Waals surface area contributed by atoms with E-state index in [0.29, 0.717) is 12.0 Å². The second-order valence-electron chi connectivity index (χ2n) is 3.25. The minimum atomic E-state index is -5.09. The van der Waals surface area contributed by atoms with Crippen molar-refractivity contribution in [3.05, 3.63) is 11.9 Å². The first-order chi connectivity index (χ1) is 8.32. The summed E-state index contributed by atoms with van der Waals surface area (Å²) in [5.41, 5.74) is 7.42. The van der Waals surface area contributed by atoms with Crippen LogP contribution in [-0.2, 0) is 20.8 Å². The number of aromatic nitrogens is 2. The van der Waals surface area contributed by atoms with Gasteiger partial charge in [-0.15, -0.1) is 0 Å². The van der Waals surface area contributed by atoms with E-state index in [1.165, 1.54) is 6.20 Å². The first-order valence-electron chi connectivity index (χ1n) is 4.61. The number of nitrogens with two attached hydrogens (primary N) is 1. The maximum atomic E-state index is 11.8. The molecule has 0 bridgehead atoms. The molecule has 0 aliphatic heterocycles. The zero-order valence-electron chi connectivity index (χ0n) is 8.82. The number of carbonyl (C=O) groups excluding carboxylic acids is 2. The summed E-state index contributed by atoms with van der Waals surface area (Å²) in [6, 6.07) is -0.754. The molecule has 100 valence electrons. The summed E-state index contributed by atoms with van der Waals surface area (Å²) in [6.07, 6.45) is -3.21. The molecule has 18 heavy (non-hydrogen) atoms. The number of nitrogens with one attached hydrogen (secondary N) is 2. The zero-order chi connectivity index (χ0) is 13.8. The van der Waals surface area contributed by atoms with Gasteiger partial charge in [-0.25, -0.2) is 9.78 Å². The molecule has 1 atom stereocenters. The van der Waals surface area contributed by atoms with E-state index in [0.717, 1.165) is 0 Å². The Labute approximate surface area is 98.5 Å². The number of hydrogen-bond donors (Lipinski definition) is 3. The third-order valence-corrected chi connectivity index (χ3v) is 1.73. The molecule has 0 aliphatic carbocycles. The summed E-state index contributed by atoms with van der Waals surface area (Å²) in [4.78, 5) is 30.4. The average Bonchev–Trinajstić information content (AvgIpc) is 2.72. The largest absolute Gasteiger partial charge is 0.493 e. The molecule has 1 aromatic heterocycles. The van der Waals surface area contributed by atoms with Crippen molar-refractivity contribution in [1.29, 1.82) is 0 Å². The molecule has 0 radical (unpaired) electrons. The Morgan fingerprint density at radius 1 is 1.67 bits per heavy atom. The van der Waals surface area contributed by atoms with Crippen LogP contribution < -0.4 is 11.2 Å². The number of aldehydes is 1. The van der Waals surface area contributed by atoms with Gasteiger partial charge in [0, 0.05) is 12.1 Å². The smallest absolute Gasteiger partial charge is 0.332 e. The van der Waals surface area contributed by atoms with Crippen molar-refractivity contribution < 1.29 is 27.6 Å². The first kappa shape index (κ1) is 14.0. The number of imidazole rings is 1. The van der Waals surface area contributed by atoms with Crippen LogP contribution in [0.2, 0.25) is 0 Å². The molecule has 1 heterocycles. The van der Waals surface area contributed by atoms with Crippen LogP contribution in [0, 0.1) is 0 Å². The standard InChI is InChI=1S/C8H9F3N4O3/c9-8(10,11)6(17)18-15-7-13-2-5(14-7)1-4(12)3-16/h2-4H,1,12H2,(H2,13,14,15)/t4-/m0/s1. The number of halogens is 3. The van der Waals surface area contributed by atoms with Crippen molar-refractivity contribution in [1.82, 2.24) is 9.97 Å². The van der Waals surface area contributed by atoms with E-state index in [4.69, 9.17) is 5.73 Å². The molecule has 0 spiro atoms. The molecule has 0 unspecified atom stereocenters. The van der Waals surface area contributed by atoms with E-state index in [9.17, 15) is 22.8 Å².